The van der Waals surface area contributed by atoms with Crippen LogP contribution in [0.15, 0.2) is 0 Å². The van der Waals surface area contributed by atoms with Crippen LogP contribution in [-0.4, -0.2) is 5.48 Å². The van der Waals surface area contributed by atoms with E-state index in [0.717, 1.165) is 12.8 Å². The van der Waals surface area contributed by atoms with Gasteiger partial charge in [-0.05, 0) is 6.42 Å². The maximum absolute atomic E-state index is 8.04. The van der Waals surface area contributed by atoms with E-state index in [1.807, 2.05) is 0 Å². The molecule has 0 aliphatic heterocycles. The number of unbranched alkanes of at least 4 members (excludes halogenated alkanes) is 3. The lowest BCUT2D eigenvalue weighted by atomic mass is 10.2. The summed E-state index contributed by atoms with van der Waals surface area (Å²) in [5, 5.41) is 8.04. The molecule has 2 heteroatoms. The van der Waals surface area contributed by atoms with Crippen LogP contribution in [0.5, 0.6) is 0 Å². The molecule has 0 aromatic heterocycles. The molecule has 0 aliphatic rings. The molecular formula is C6H13NO. The van der Waals surface area contributed by atoms with Crippen molar-refractivity contribution >= 4 is 0 Å². The first kappa shape index (κ1) is 10.4. The second-order valence-corrected chi connectivity index (χ2v) is 1.62. The van der Waals surface area contributed by atoms with Crippen molar-refractivity contribution in [3.05, 3.63) is 0 Å². The molecule has 0 atom stereocenters. The van der Waals surface area contributed by atoms with Gasteiger partial charge in [-0.2, -0.15) is 5.26 Å². The summed E-state index contributed by atoms with van der Waals surface area (Å²) in [6, 6.07) is 2.10. The Morgan fingerprint density at radius 3 is 2.38 bits per heavy atom. The molecule has 0 saturated heterocycles. The van der Waals surface area contributed by atoms with Crippen molar-refractivity contribution < 1.29 is 5.48 Å². The quantitative estimate of drug-likeness (QED) is 0.511. The monoisotopic (exact) mass is 115 g/mol. The van der Waals surface area contributed by atoms with Crippen molar-refractivity contribution in [1.82, 2.24) is 0 Å². The predicted molar refractivity (Wildman–Crippen MR) is 33.4 cm³/mol. The number of nitriles is 1. The van der Waals surface area contributed by atoms with Crippen molar-refractivity contribution in [2.45, 2.75) is 32.6 Å². The first-order valence-corrected chi connectivity index (χ1v) is 2.78. The van der Waals surface area contributed by atoms with Gasteiger partial charge in [0.05, 0.1) is 6.07 Å². The summed E-state index contributed by atoms with van der Waals surface area (Å²) in [4.78, 5) is 0. The molecule has 48 valence electrons. The van der Waals surface area contributed by atoms with E-state index in [-0.39, 0.29) is 5.48 Å². The summed E-state index contributed by atoms with van der Waals surface area (Å²) >= 11 is 0. The number of hydrogen-bond donors (Lipinski definition) is 0. The number of hydrogen-bond acceptors (Lipinski definition) is 1. The van der Waals surface area contributed by atoms with Crippen LogP contribution in [0.25, 0.3) is 0 Å². The van der Waals surface area contributed by atoms with E-state index in [2.05, 4.69) is 13.0 Å². The van der Waals surface area contributed by atoms with Crippen LogP contribution in [0.4, 0.5) is 0 Å². The van der Waals surface area contributed by atoms with Crippen molar-refractivity contribution in [1.29, 1.82) is 5.26 Å². The van der Waals surface area contributed by atoms with Crippen molar-refractivity contribution in [3.8, 4) is 6.07 Å². The van der Waals surface area contributed by atoms with Crippen molar-refractivity contribution in [3.63, 3.8) is 0 Å². The zero-order chi connectivity index (χ0) is 5.54. The van der Waals surface area contributed by atoms with Crippen molar-refractivity contribution in [2.24, 2.45) is 0 Å². The van der Waals surface area contributed by atoms with Crippen LogP contribution >= 0.6 is 0 Å². The highest BCUT2D eigenvalue weighted by Crippen LogP contribution is 1.95. The molecule has 8 heavy (non-hydrogen) atoms. The van der Waals surface area contributed by atoms with Crippen LogP contribution in [0.3, 0.4) is 0 Å². The maximum atomic E-state index is 8.04. The summed E-state index contributed by atoms with van der Waals surface area (Å²) in [5.74, 6) is 0. The SMILES string of the molecule is CCCCCC#N.O. The molecule has 0 radical (unpaired) electrons. The molecular weight excluding hydrogens is 102 g/mol. The zero-order valence-electron chi connectivity index (χ0n) is 5.28. The maximum Gasteiger partial charge on any atom is 0.0621 e. The minimum atomic E-state index is 0. The van der Waals surface area contributed by atoms with Crippen LogP contribution in [0, 0.1) is 11.3 Å². The lowest BCUT2D eigenvalue weighted by Crippen LogP contribution is -1.68. The summed E-state index contributed by atoms with van der Waals surface area (Å²) in [7, 11) is 0. The molecule has 0 rings (SSSR count). The number of nitrogens with zero attached hydrogens (tertiary/aromatic N) is 1. The molecule has 2 nitrogen and oxygen atoms in total. The van der Waals surface area contributed by atoms with Gasteiger partial charge in [0.2, 0.25) is 0 Å². The molecule has 0 amide bonds. The Hall–Kier alpha value is -0.550. The molecule has 0 heterocycles. The average Bonchev–Trinajstić information content (AvgIpc) is 1.69. The van der Waals surface area contributed by atoms with Gasteiger partial charge in [0.15, 0.2) is 0 Å². The third-order valence-electron chi connectivity index (χ3n) is 0.892. The summed E-state index contributed by atoms with van der Waals surface area (Å²) in [5.41, 5.74) is 0. The summed E-state index contributed by atoms with van der Waals surface area (Å²) < 4.78 is 0. The van der Waals surface area contributed by atoms with E-state index in [0.29, 0.717) is 0 Å². The Balaban J connectivity index is 0. The van der Waals surface area contributed by atoms with E-state index in [1.54, 1.807) is 0 Å². The Kier molecular flexibility index (Phi) is 12.6. The molecule has 0 saturated carbocycles. The molecule has 0 aliphatic carbocycles. The highest BCUT2D eigenvalue weighted by molar-refractivity contribution is 4.67. The standard InChI is InChI=1S/C6H11N.H2O/c1-2-3-4-5-6-7;/h2-5H2,1H3;1H2. The zero-order valence-corrected chi connectivity index (χ0v) is 5.28. The van der Waals surface area contributed by atoms with Crippen LogP contribution in [0.2, 0.25) is 0 Å². The Morgan fingerprint density at radius 2 is 2.00 bits per heavy atom. The highest BCUT2D eigenvalue weighted by atomic mass is 16.0. The van der Waals surface area contributed by atoms with Gasteiger partial charge in [-0.25, -0.2) is 0 Å². The lowest BCUT2D eigenvalue weighted by molar-refractivity contribution is 0.734. The second kappa shape index (κ2) is 9.67. The third-order valence-corrected chi connectivity index (χ3v) is 0.892. The fourth-order valence-corrected chi connectivity index (χ4v) is 0.454. The molecule has 0 aromatic carbocycles. The van der Waals surface area contributed by atoms with Gasteiger partial charge in [-0.1, -0.05) is 19.8 Å². The fraction of sp³-hybridized carbons (Fsp3) is 0.833. The van der Waals surface area contributed by atoms with E-state index < -0.39 is 0 Å². The Morgan fingerprint density at radius 1 is 1.38 bits per heavy atom. The highest BCUT2D eigenvalue weighted by Gasteiger charge is 1.79. The number of rotatable bonds is 3. The van der Waals surface area contributed by atoms with Gasteiger partial charge < -0.3 is 5.48 Å². The largest absolute Gasteiger partial charge is 0.412 e. The minimum absolute atomic E-state index is 0. The fourth-order valence-electron chi connectivity index (χ4n) is 0.454. The van der Waals surface area contributed by atoms with Gasteiger partial charge in [0.1, 0.15) is 0 Å². The van der Waals surface area contributed by atoms with Gasteiger partial charge in [0.25, 0.3) is 0 Å². The van der Waals surface area contributed by atoms with Crippen molar-refractivity contribution in [2.75, 3.05) is 0 Å². The molecule has 0 spiro atoms. The average molecular weight is 115 g/mol. The first-order chi connectivity index (χ1) is 3.41. The molecule has 0 fully saturated rings. The Bertz CT molecular complexity index is 65.4. The summed E-state index contributed by atoms with van der Waals surface area (Å²) in [6.07, 6.45) is 4.22. The first-order valence-electron chi connectivity index (χ1n) is 2.78. The van der Waals surface area contributed by atoms with Crippen LogP contribution < -0.4 is 0 Å². The van der Waals surface area contributed by atoms with Gasteiger partial charge >= 0.3 is 0 Å². The van der Waals surface area contributed by atoms with Gasteiger partial charge in [-0.15, -0.1) is 0 Å². The van der Waals surface area contributed by atoms with E-state index in [1.165, 1.54) is 12.8 Å². The van der Waals surface area contributed by atoms with E-state index >= 15 is 0 Å². The van der Waals surface area contributed by atoms with Gasteiger partial charge in [0, 0.05) is 6.42 Å². The normalized spacial score (nSPS) is 7.00. The van der Waals surface area contributed by atoms with E-state index in [4.69, 9.17) is 5.26 Å². The predicted octanol–water partition coefficient (Wildman–Crippen LogP) is 1.27. The summed E-state index contributed by atoms with van der Waals surface area (Å²) in [6.45, 7) is 2.14. The van der Waals surface area contributed by atoms with Crippen LogP contribution in [0.1, 0.15) is 32.6 Å². The molecule has 2 N–H and O–H groups in total. The topological polar surface area (TPSA) is 55.3 Å². The molecule has 0 aromatic rings. The third kappa shape index (κ3) is 9.07. The second-order valence-electron chi connectivity index (χ2n) is 1.62. The minimum Gasteiger partial charge on any atom is -0.412 e. The molecule has 0 unspecified atom stereocenters. The molecule has 0 bridgehead atoms. The van der Waals surface area contributed by atoms with E-state index in [9.17, 15) is 0 Å². The van der Waals surface area contributed by atoms with Gasteiger partial charge in [-0.3, -0.25) is 0 Å². The lowest BCUT2D eigenvalue weighted by Gasteiger charge is -1.84. The Labute approximate surface area is 50.4 Å². The van der Waals surface area contributed by atoms with Crippen LogP contribution in [-0.2, 0) is 0 Å². The smallest absolute Gasteiger partial charge is 0.0621 e.